The number of hydrogen-bond donors (Lipinski definition) is 1. The van der Waals surface area contributed by atoms with Gasteiger partial charge in [-0.15, -0.1) is 0 Å². The van der Waals surface area contributed by atoms with Crippen LogP contribution >= 0.6 is 0 Å². The van der Waals surface area contributed by atoms with E-state index in [0.29, 0.717) is 12.0 Å². The minimum Gasteiger partial charge on any atom is -0.327 e. The van der Waals surface area contributed by atoms with E-state index >= 15 is 0 Å². The van der Waals surface area contributed by atoms with Gasteiger partial charge < -0.3 is 10.6 Å². The molecule has 0 amide bonds. The first-order valence-electron chi connectivity index (χ1n) is 5.98. The zero-order valence-electron chi connectivity index (χ0n) is 10.2. The van der Waals surface area contributed by atoms with Gasteiger partial charge in [0.15, 0.2) is 0 Å². The van der Waals surface area contributed by atoms with Crippen LogP contribution in [-0.4, -0.2) is 30.6 Å². The molecule has 0 bridgehead atoms. The Kier molecular flexibility index (Phi) is 4.39. The van der Waals surface area contributed by atoms with Crippen LogP contribution in [0.15, 0.2) is 0 Å². The lowest BCUT2D eigenvalue weighted by Crippen LogP contribution is -2.32. The van der Waals surface area contributed by atoms with Gasteiger partial charge in [0.2, 0.25) is 0 Å². The molecule has 84 valence electrons. The average Bonchev–Trinajstić information content (AvgIpc) is 2.42. The highest BCUT2D eigenvalue weighted by molar-refractivity contribution is 4.79. The lowest BCUT2D eigenvalue weighted by molar-refractivity contribution is 0.294. The predicted octanol–water partition coefficient (Wildman–Crippen LogP) is 1.95. The van der Waals surface area contributed by atoms with Crippen LogP contribution in [0.2, 0.25) is 0 Å². The van der Waals surface area contributed by atoms with Crippen molar-refractivity contribution in [1.29, 1.82) is 0 Å². The van der Waals surface area contributed by atoms with Gasteiger partial charge in [-0.3, -0.25) is 0 Å². The average molecular weight is 198 g/mol. The maximum atomic E-state index is 6.04. The number of rotatable bonds is 4. The highest BCUT2D eigenvalue weighted by atomic mass is 15.1. The summed E-state index contributed by atoms with van der Waals surface area (Å²) < 4.78 is 0. The fourth-order valence-electron chi connectivity index (χ4n) is 2.10. The van der Waals surface area contributed by atoms with Crippen molar-refractivity contribution < 1.29 is 0 Å². The van der Waals surface area contributed by atoms with E-state index in [2.05, 4.69) is 32.6 Å². The summed E-state index contributed by atoms with van der Waals surface area (Å²) in [4.78, 5) is 2.57. The Balaban J connectivity index is 2.20. The second-order valence-corrected chi connectivity index (χ2v) is 5.41. The van der Waals surface area contributed by atoms with Crippen molar-refractivity contribution in [2.24, 2.45) is 23.5 Å². The SMILES string of the molecule is CC(C)C(N)CCN1CC(C)C(C)C1. The smallest absolute Gasteiger partial charge is 0.00740 e. The van der Waals surface area contributed by atoms with Crippen molar-refractivity contribution in [3.05, 3.63) is 0 Å². The van der Waals surface area contributed by atoms with E-state index in [9.17, 15) is 0 Å². The molecule has 1 rings (SSSR count). The summed E-state index contributed by atoms with van der Waals surface area (Å²) in [7, 11) is 0. The molecule has 2 nitrogen and oxygen atoms in total. The van der Waals surface area contributed by atoms with Gasteiger partial charge in [0.05, 0.1) is 0 Å². The highest BCUT2D eigenvalue weighted by Gasteiger charge is 2.25. The first kappa shape index (κ1) is 12.0. The fraction of sp³-hybridized carbons (Fsp3) is 1.00. The van der Waals surface area contributed by atoms with Crippen LogP contribution in [0.3, 0.4) is 0 Å². The van der Waals surface area contributed by atoms with Crippen LogP contribution in [-0.2, 0) is 0 Å². The zero-order valence-corrected chi connectivity index (χ0v) is 10.2. The third-order valence-electron chi connectivity index (χ3n) is 3.70. The van der Waals surface area contributed by atoms with Gasteiger partial charge in [-0.25, -0.2) is 0 Å². The van der Waals surface area contributed by atoms with Crippen LogP contribution < -0.4 is 5.73 Å². The van der Waals surface area contributed by atoms with Crippen LogP contribution in [0.25, 0.3) is 0 Å². The Hall–Kier alpha value is -0.0800. The molecule has 1 fully saturated rings. The molecule has 3 unspecified atom stereocenters. The van der Waals surface area contributed by atoms with Crippen molar-refractivity contribution in [1.82, 2.24) is 4.90 Å². The van der Waals surface area contributed by atoms with Crippen LogP contribution in [0.1, 0.15) is 34.1 Å². The minimum atomic E-state index is 0.376. The molecule has 2 N–H and O–H groups in total. The van der Waals surface area contributed by atoms with Gasteiger partial charge in [0.25, 0.3) is 0 Å². The number of nitrogens with two attached hydrogens (primary N) is 1. The monoisotopic (exact) mass is 198 g/mol. The van der Waals surface area contributed by atoms with Gasteiger partial charge >= 0.3 is 0 Å². The molecule has 1 aliphatic rings. The Morgan fingerprint density at radius 2 is 1.71 bits per heavy atom. The van der Waals surface area contributed by atoms with Gasteiger partial charge in [-0.05, 0) is 30.7 Å². The second-order valence-electron chi connectivity index (χ2n) is 5.41. The second kappa shape index (κ2) is 5.13. The lowest BCUT2D eigenvalue weighted by atomic mass is 10.0. The van der Waals surface area contributed by atoms with Crippen LogP contribution in [0, 0.1) is 17.8 Å². The van der Waals surface area contributed by atoms with E-state index in [0.717, 1.165) is 18.3 Å². The first-order chi connectivity index (χ1) is 6.50. The van der Waals surface area contributed by atoms with E-state index < -0.39 is 0 Å². The van der Waals surface area contributed by atoms with Crippen molar-refractivity contribution in [2.75, 3.05) is 19.6 Å². The van der Waals surface area contributed by atoms with E-state index in [-0.39, 0.29) is 0 Å². The van der Waals surface area contributed by atoms with Gasteiger partial charge in [-0.1, -0.05) is 27.7 Å². The number of hydrogen-bond acceptors (Lipinski definition) is 2. The summed E-state index contributed by atoms with van der Waals surface area (Å²) in [5.41, 5.74) is 6.04. The molecule has 0 spiro atoms. The molecule has 1 aliphatic heterocycles. The third-order valence-corrected chi connectivity index (χ3v) is 3.70. The predicted molar refractivity (Wildman–Crippen MR) is 62.2 cm³/mol. The molecule has 3 atom stereocenters. The van der Waals surface area contributed by atoms with Crippen LogP contribution in [0.4, 0.5) is 0 Å². The Bertz CT molecular complexity index is 158. The Labute approximate surface area is 88.8 Å². The molecule has 0 aromatic carbocycles. The number of likely N-dealkylation sites (tertiary alicyclic amines) is 1. The summed E-state index contributed by atoms with van der Waals surface area (Å²) in [5.74, 6) is 2.35. The van der Waals surface area contributed by atoms with E-state index in [4.69, 9.17) is 5.73 Å². The first-order valence-corrected chi connectivity index (χ1v) is 5.98. The van der Waals surface area contributed by atoms with E-state index in [1.54, 1.807) is 0 Å². The maximum Gasteiger partial charge on any atom is 0.00740 e. The zero-order chi connectivity index (χ0) is 10.7. The van der Waals surface area contributed by atoms with E-state index in [1.807, 2.05) is 0 Å². The fourth-order valence-corrected chi connectivity index (χ4v) is 2.10. The highest BCUT2D eigenvalue weighted by Crippen LogP contribution is 2.22. The van der Waals surface area contributed by atoms with Gasteiger partial charge in [0.1, 0.15) is 0 Å². The normalized spacial score (nSPS) is 31.3. The third kappa shape index (κ3) is 3.25. The van der Waals surface area contributed by atoms with Crippen molar-refractivity contribution in [3.63, 3.8) is 0 Å². The molecule has 14 heavy (non-hydrogen) atoms. The molecular formula is C12H26N2. The topological polar surface area (TPSA) is 29.3 Å². The van der Waals surface area contributed by atoms with Gasteiger partial charge in [-0.2, -0.15) is 0 Å². The molecule has 0 aromatic rings. The summed E-state index contributed by atoms with van der Waals surface area (Å²) in [6, 6.07) is 0.376. The minimum absolute atomic E-state index is 0.376. The molecule has 0 radical (unpaired) electrons. The number of nitrogens with zero attached hydrogens (tertiary/aromatic N) is 1. The molecule has 0 saturated carbocycles. The van der Waals surface area contributed by atoms with E-state index in [1.165, 1.54) is 19.6 Å². The Morgan fingerprint density at radius 1 is 1.21 bits per heavy atom. The lowest BCUT2D eigenvalue weighted by Gasteiger charge is -2.20. The standard InChI is InChI=1S/C12H26N2/c1-9(2)12(13)5-6-14-7-10(3)11(4)8-14/h9-12H,5-8,13H2,1-4H3. The Morgan fingerprint density at radius 3 is 2.14 bits per heavy atom. The van der Waals surface area contributed by atoms with Crippen molar-refractivity contribution >= 4 is 0 Å². The van der Waals surface area contributed by atoms with Crippen molar-refractivity contribution in [2.45, 2.75) is 40.2 Å². The molecule has 0 aliphatic carbocycles. The molecule has 0 aromatic heterocycles. The summed E-state index contributed by atoms with van der Waals surface area (Å²) in [6.45, 7) is 12.9. The molecule has 2 heteroatoms. The summed E-state index contributed by atoms with van der Waals surface area (Å²) in [5, 5.41) is 0. The van der Waals surface area contributed by atoms with Crippen molar-refractivity contribution in [3.8, 4) is 0 Å². The van der Waals surface area contributed by atoms with Gasteiger partial charge in [0, 0.05) is 19.1 Å². The van der Waals surface area contributed by atoms with Crippen LogP contribution in [0.5, 0.6) is 0 Å². The largest absolute Gasteiger partial charge is 0.327 e. The molecule has 1 heterocycles. The quantitative estimate of drug-likeness (QED) is 0.748. The molecular weight excluding hydrogens is 172 g/mol. The summed E-state index contributed by atoms with van der Waals surface area (Å²) in [6.07, 6.45) is 1.15. The summed E-state index contributed by atoms with van der Waals surface area (Å²) >= 11 is 0. The maximum absolute atomic E-state index is 6.04. The molecule has 1 saturated heterocycles.